The molecule has 2 aliphatic heterocycles. The first-order valence-electron chi connectivity index (χ1n) is 8.89. The molecule has 1 N–H and O–H groups in total. The van der Waals surface area contributed by atoms with Gasteiger partial charge in [-0.1, -0.05) is 0 Å². The molecule has 7 nitrogen and oxygen atoms in total. The molecule has 1 saturated heterocycles. The number of carbonyl (C=O) groups excluding carboxylic acids is 1. The standard InChI is InChI=1S/C19H16FN3O4S.ClH/c1-21-2-4-22(5-3-21)16-11(20)7-10-15-13(16)12(24)6-9-8-28-18(23(9)15)14(17(10)25)19(26)27;/h7-8H,2-6H2,1H3,(H,26,27);1H. The molecule has 2 aliphatic rings. The third-order valence-corrected chi connectivity index (χ3v) is 6.59. The number of Topliss-reactive ketones (excluding diaryl/α,β-unsaturated/α-hetero) is 1. The minimum absolute atomic E-state index is 0. The van der Waals surface area contributed by atoms with E-state index in [0.717, 1.165) is 30.5 Å². The number of pyridine rings is 1. The lowest BCUT2D eigenvalue weighted by molar-refractivity contribution is 0.0697. The second-order valence-electron chi connectivity index (χ2n) is 7.25. The predicted molar refractivity (Wildman–Crippen MR) is 111 cm³/mol. The van der Waals surface area contributed by atoms with Gasteiger partial charge < -0.3 is 19.3 Å². The molecule has 0 atom stereocenters. The van der Waals surface area contributed by atoms with Crippen LogP contribution in [-0.2, 0) is 6.42 Å². The van der Waals surface area contributed by atoms with Gasteiger partial charge in [-0.05, 0) is 13.1 Å². The highest BCUT2D eigenvalue weighted by Gasteiger charge is 2.33. The third kappa shape index (κ3) is 2.68. The number of likely N-dealkylation sites (N-methyl/N-ethyl adjacent to an activating group) is 1. The number of benzene rings is 1. The number of aromatic carboxylic acids is 1. The fraction of sp³-hybridized carbons (Fsp3) is 0.316. The summed E-state index contributed by atoms with van der Waals surface area (Å²) in [4.78, 5) is 41.8. The summed E-state index contributed by atoms with van der Waals surface area (Å²) in [6.45, 7) is 2.62. The highest BCUT2D eigenvalue weighted by atomic mass is 35.5. The van der Waals surface area contributed by atoms with Crippen LogP contribution in [0.25, 0.3) is 15.7 Å². The summed E-state index contributed by atoms with van der Waals surface area (Å²) in [5.41, 5.74) is 0.230. The van der Waals surface area contributed by atoms with Gasteiger partial charge in [-0.25, -0.2) is 9.18 Å². The van der Waals surface area contributed by atoms with E-state index in [1.54, 1.807) is 9.78 Å². The van der Waals surface area contributed by atoms with Crippen LogP contribution in [0.15, 0.2) is 16.2 Å². The molecule has 3 aromatic rings. The van der Waals surface area contributed by atoms with Crippen molar-refractivity contribution in [3.8, 4) is 0 Å². The molecule has 0 amide bonds. The molecule has 0 aliphatic carbocycles. The van der Waals surface area contributed by atoms with Crippen LogP contribution in [-0.4, -0.2) is 59.4 Å². The van der Waals surface area contributed by atoms with Gasteiger partial charge in [0.15, 0.2) is 5.78 Å². The van der Waals surface area contributed by atoms with Crippen molar-refractivity contribution < 1.29 is 19.1 Å². The topological polar surface area (TPSA) is 82.3 Å². The summed E-state index contributed by atoms with van der Waals surface area (Å²) < 4.78 is 16.8. The van der Waals surface area contributed by atoms with Crippen molar-refractivity contribution in [2.45, 2.75) is 6.42 Å². The van der Waals surface area contributed by atoms with Crippen molar-refractivity contribution >= 4 is 56.9 Å². The van der Waals surface area contributed by atoms with E-state index in [0.29, 0.717) is 24.3 Å². The number of halogens is 2. The average molecular weight is 438 g/mol. The van der Waals surface area contributed by atoms with Crippen LogP contribution in [0.3, 0.4) is 0 Å². The molecular formula is C19H17ClFN3O4S. The maximum absolute atomic E-state index is 15.2. The van der Waals surface area contributed by atoms with Gasteiger partial charge in [0.1, 0.15) is 16.2 Å². The minimum Gasteiger partial charge on any atom is -0.477 e. The molecule has 2 aromatic heterocycles. The predicted octanol–water partition coefficient (Wildman–Crippen LogP) is 2.26. The van der Waals surface area contributed by atoms with Crippen molar-refractivity contribution in [1.82, 2.24) is 9.30 Å². The molecule has 1 aromatic carbocycles. The van der Waals surface area contributed by atoms with Crippen molar-refractivity contribution in [1.29, 1.82) is 0 Å². The third-order valence-electron chi connectivity index (χ3n) is 5.59. The zero-order valence-electron chi connectivity index (χ0n) is 15.4. The van der Waals surface area contributed by atoms with Crippen LogP contribution in [0.2, 0.25) is 0 Å². The lowest BCUT2D eigenvalue weighted by Gasteiger charge is -2.36. The molecule has 0 bridgehead atoms. The van der Waals surface area contributed by atoms with Crippen LogP contribution in [0, 0.1) is 5.82 Å². The summed E-state index contributed by atoms with van der Waals surface area (Å²) in [6, 6.07) is 1.09. The fourth-order valence-corrected chi connectivity index (χ4v) is 5.26. The van der Waals surface area contributed by atoms with Crippen LogP contribution in [0.5, 0.6) is 0 Å². The highest BCUT2D eigenvalue weighted by Crippen LogP contribution is 2.38. The number of piperazine rings is 1. The van der Waals surface area contributed by atoms with Crippen molar-refractivity contribution in [3.05, 3.63) is 44.3 Å². The zero-order chi connectivity index (χ0) is 19.7. The van der Waals surface area contributed by atoms with Gasteiger partial charge in [-0.3, -0.25) is 9.59 Å². The number of hydrogen-bond donors (Lipinski definition) is 1. The van der Waals surface area contributed by atoms with E-state index in [2.05, 4.69) is 4.90 Å². The molecule has 10 heteroatoms. The Morgan fingerprint density at radius 2 is 1.90 bits per heavy atom. The van der Waals surface area contributed by atoms with E-state index in [1.165, 1.54) is 0 Å². The molecular weight excluding hydrogens is 421 g/mol. The number of carbonyl (C=O) groups is 2. The Bertz CT molecular complexity index is 1260. The number of thiazole rings is 1. The van der Waals surface area contributed by atoms with Gasteiger partial charge in [0.05, 0.1) is 28.6 Å². The highest BCUT2D eigenvalue weighted by molar-refractivity contribution is 7.16. The quantitative estimate of drug-likeness (QED) is 0.662. The van der Waals surface area contributed by atoms with Crippen LogP contribution in [0.4, 0.5) is 10.1 Å². The normalized spacial score (nSPS) is 16.6. The maximum atomic E-state index is 15.2. The SMILES string of the molecule is CN1CCN(c2c(F)cc3c(=O)c(C(=O)O)c4scc5n4c3c2C(=O)C5)CC1.Cl. The van der Waals surface area contributed by atoms with Gasteiger partial charge in [-0.15, -0.1) is 23.7 Å². The average Bonchev–Trinajstić information content (AvgIpc) is 3.05. The summed E-state index contributed by atoms with van der Waals surface area (Å²) >= 11 is 1.12. The van der Waals surface area contributed by atoms with Crippen molar-refractivity contribution in [2.24, 2.45) is 0 Å². The van der Waals surface area contributed by atoms with Gasteiger partial charge in [-0.2, -0.15) is 0 Å². The molecule has 0 radical (unpaired) electrons. The van der Waals surface area contributed by atoms with Crippen LogP contribution in [0.1, 0.15) is 26.4 Å². The fourth-order valence-electron chi connectivity index (χ4n) is 4.21. The molecule has 1 fully saturated rings. The Hall–Kier alpha value is -2.49. The Labute approximate surface area is 174 Å². The lowest BCUT2D eigenvalue weighted by atomic mass is 9.95. The largest absolute Gasteiger partial charge is 0.477 e. The molecule has 152 valence electrons. The van der Waals surface area contributed by atoms with Crippen molar-refractivity contribution in [2.75, 3.05) is 38.1 Å². The molecule has 0 unspecified atom stereocenters. The van der Waals surface area contributed by atoms with Gasteiger partial charge in [0.25, 0.3) is 0 Å². The van der Waals surface area contributed by atoms with Crippen LogP contribution < -0.4 is 10.3 Å². The van der Waals surface area contributed by atoms with E-state index in [4.69, 9.17) is 0 Å². The lowest BCUT2D eigenvalue weighted by Crippen LogP contribution is -2.45. The zero-order valence-corrected chi connectivity index (χ0v) is 17.0. The molecule has 29 heavy (non-hydrogen) atoms. The summed E-state index contributed by atoms with van der Waals surface area (Å²) in [5.74, 6) is -2.26. The first-order chi connectivity index (χ1) is 13.4. The second-order valence-corrected chi connectivity index (χ2v) is 8.10. The molecule has 4 heterocycles. The number of nitrogens with zero attached hydrogens (tertiary/aromatic N) is 3. The second kappa shape index (κ2) is 6.79. The van der Waals surface area contributed by atoms with Crippen LogP contribution >= 0.6 is 23.7 Å². The van der Waals surface area contributed by atoms with Gasteiger partial charge >= 0.3 is 5.97 Å². The Morgan fingerprint density at radius 1 is 1.21 bits per heavy atom. The number of carboxylic acids is 1. The summed E-state index contributed by atoms with van der Waals surface area (Å²) in [6.07, 6.45) is 0.0498. The van der Waals surface area contributed by atoms with E-state index in [9.17, 15) is 19.5 Å². The number of carboxylic acid groups (broad SMARTS) is 1. The van der Waals surface area contributed by atoms with E-state index < -0.39 is 17.2 Å². The first-order valence-corrected chi connectivity index (χ1v) is 9.77. The number of hydrogen-bond acceptors (Lipinski definition) is 6. The minimum atomic E-state index is -1.35. The number of aromatic nitrogens is 1. The maximum Gasteiger partial charge on any atom is 0.342 e. The number of rotatable bonds is 2. The first kappa shape index (κ1) is 19.8. The number of anilines is 1. The molecule has 0 spiro atoms. The molecule has 0 saturated carbocycles. The van der Waals surface area contributed by atoms with E-state index in [-0.39, 0.29) is 51.6 Å². The van der Waals surface area contributed by atoms with E-state index in [1.807, 2.05) is 11.9 Å². The number of ketones is 1. The summed E-state index contributed by atoms with van der Waals surface area (Å²) in [7, 11) is 1.98. The Morgan fingerprint density at radius 3 is 2.55 bits per heavy atom. The smallest absolute Gasteiger partial charge is 0.342 e. The Kier molecular flexibility index (Phi) is 4.64. The summed E-state index contributed by atoms with van der Waals surface area (Å²) in [5, 5.41) is 11.2. The molecule has 5 rings (SSSR count). The monoisotopic (exact) mass is 437 g/mol. The van der Waals surface area contributed by atoms with Gasteiger partial charge in [0, 0.05) is 37.3 Å². The van der Waals surface area contributed by atoms with E-state index >= 15 is 4.39 Å². The van der Waals surface area contributed by atoms with Crippen molar-refractivity contribution in [3.63, 3.8) is 0 Å². The Balaban J connectivity index is 0.00000205. The van der Waals surface area contributed by atoms with Gasteiger partial charge in [0.2, 0.25) is 5.43 Å².